The van der Waals surface area contributed by atoms with Gasteiger partial charge in [-0.25, -0.2) is 4.79 Å². The standard InChI is InChI=1S/C14H18ClNO3/c1-9(12(17)16-14(2,3)4)19-13(18)10-6-5-7-11(15)8-10/h5-9H,1-4H3,(H,16,17). The normalized spacial score (nSPS) is 12.7. The zero-order chi connectivity index (χ0) is 14.6. The molecule has 5 heteroatoms. The van der Waals surface area contributed by atoms with E-state index in [2.05, 4.69) is 5.32 Å². The fourth-order valence-electron chi connectivity index (χ4n) is 1.37. The molecule has 1 rings (SSSR count). The van der Waals surface area contributed by atoms with Crippen molar-refractivity contribution in [2.75, 3.05) is 0 Å². The van der Waals surface area contributed by atoms with E-state index >= 15 is 0 Å². The number of hydrogen-bond acceptors (Lipinski definition) is 3. The Labute approximate surface area is 118 Å². The van der Waals surface area contributed by atoms with Gasteiger partial charge in [0.15, 0.2) is 6.10 Å². The summed E-state index contributed by atoms with van der Waals surface area (Å²) < 4.78 is 5.09. The maximum absolute atomic E-state index is 11.8. The average Bonchev–Trinajstić information content (AvgIpc) is 2.26. The second kappa shape index (κ2) is 6.06. The van der Waals surface area contributed by atoms with Crippen LogP contribution in [0.1, 0.15) is 38.1 Å². The van der Waals surface area contributed by atoms with E-state index in [1.54, 1.807) is 18.2 Å². The van der Waals surface area contributed by atoms with Crippen LogP contribution >= 0.6 is 11.6 Å². The van der Waals surface area contributed by atoms with Gasteiger partial charge in [0.25, 0.3) is 5.91 Å². The maximum Gasteiger partial charge on any atom is 0.338 e. The van der Waals surface area contributed by atoms with E-state index in [4.69, 9.17) is 16.3 Å². The summed E-state index contributed by atoms with van der Waals surface area (Å²) in [5, 5.41) is 3.19. The molecule has 0 saturated heterocycles. The van der Waals surface area contributed by atoms with Crippen molar-refractivity contribution < 1.29 is 14.3 Å². The number of rotatable bonds is 3. The number of hydrogen-bond donors (Lipinski definition) is 1. The predicted octanol–water partition coefficient (Wildman–Crippen LogP) is 2.80. The van der Waals surface area contributed by atoms with E-state index in [1.165, 1.54) is 13.0 Å². The van der Waals surface area contributed by atoms with E-state index in [0.29, 0.717) is 10.6 Å². The number of carbonyl (C=O) groups is 2. The van der Waals surface area contributed by atoms with Crippen LogP contribution in [0.4, 0.5) is 0 Å². The fraction of sp³-hybridized carbons (Fsp3) is 0.429. The molecular formula is C14H18ClNO3. The van der Waals surface area contributed by atoms with Gasteiger partial charge in [-0.1, -0.05) is 17.7 Å². The molecule has 104 valence electrons. The lowest BCUT2D eigenvalue weighted by molar-refractivity contribution is -0.130. The summed E-state index contributed by atoms with van der Waals surface area (Å²) >= 11 is 5.79. The molecule has 4 nitrogen and oxygen atoms in total. The van der Waals surface area contributed by atoms with Gasteiger partial charge < -0.3 is 10.1 Å². The summed E-state index contributed by atoms with van der Waals surface area (Å²) in [6, 6.07) is 6.40. The molecule has 0 radical (unpaired) electrons. The van der Waals surface area contributed by atoms with Crippen LogP contribution in [0.2, 0.25) is 5.02 Å². The van der Waals surface area contributed by atoms with Gasteiger partial charge in [0.2, 0.25) is 0 Å². The molecule has 0 aromatic heterocycles. The Hall–Kier alpha value is -1.55. The van der Waals surface area contributed by atoms with Crippen LogP contribution in [0.3, 0.4) is 0 Å². The van der Waals surface area contributed by atoms with Crippen molar-refractivity contribution in [3.05, 3.63) is 34.9 Å². The Morgan fingerprint density at radius 1 is 1.32 bits per heavy atom. The minimum absolute atomic E-state index is 0.322. The van der Waals surface area contributed by atoms with Crippen molar-refractivity contribution in [2.24, 2.45) is 0 Å². The van der Waals surface area contributed by atoms with Gasteiger partial charge in [0, 0.05) is 10.6 Å². The van der Waals surface area contributed by atoms with Crippen molar-refractivity contribution >= 4 is 23.5 Å². The average molecular weight is 284 g/mol. The molecule has 0 fully saturated rings. The minimum Gasteiger partial charge on any atom is -0.449 e. The van der Waals surface area contributed by atoms with Crippen LogP contribution < -0.4 is 5.32 Å². The Morgan fingerprint density at radius 2 is 1.95 bits per heavy atom. The summed E-state index contributed by atoms with van der Waals surface area (Å²) in [5.74, 6) is -0.901. The number of nitrogens with one attached hydrogen (secondary N) is 1. The van der Waals surface area contributed by atoms with Gasteiger partial charge in [-0.3, -0.25) is 4.79 Å². The molecule has 0 aliphatic heterocycles. The molecule has 1 amide bonds. The van der Waals surface area contributed by atoms with Crippen molar-refractivity contribution in [1.82, 2.24) is 5.32 Å². The van der Waals surface area contributed by atoms with Crippen LogP contribution in [0, 0.1) is 0 Å². The monoisotopic (exact) mass is 283 g/mol. The third-order valence-electron chi connectivity index (χ3n) is 2.21. The van der Waals surface area contributed by atoms with Crippen LogP contribution in [0.15, 0.2) is 24.3 Å². The lowest BCUT2D eigenvalue weighted by Gasteiger charge is -2.23. The zero-order valence-corrected chi connectivity index (χ0v) is 12.2. The summed E-state index contributed by atoms with van der Waals surface area (Å²) in [6.45, 7) is 7.10. The van der Waals surface area contributed by atoms with Crippen LogP contribution in [0.25, 0.3) is 0 Å². The molecule has 1 unspecified atom stereocenters. The number of carbonyl (C=O) groups excluding carboxylic acids is 2. The highest BCUT2D eigenvalue weighted by atomic mass is 35.5. The smallest absolute Gasteiger partial charge is 0.338 e. The first kappa shape index (κ1) is 15.5. The van der Waals surface area contributed by atoms with E-state index in [9.17, 15) is 9.59 Å². The highest BCUT2D eigenvalue weighted by Gasteiger charge is 2.22. The summed E-state index contributed by atoms with van der Waals surface area (Å²) in [4.78, 5) is 23.6. The predicted molar refractivity (Wildman–Crippen MR) is 74.2 cm³/mol. The number of benzene rings is 1. The molecule has 0 saturated carbocycles. The van der Waals surface area contributed by atoms with Gasteiger partial charge in [-0.2, -0.15) is 0 Å². The fourth-order valence-corrected chi connectivity index (χ4v) is 1.56. The third kappa shape index (κ3) is 5.30. The maximum atomic E-state index is 11.8. The minimum atomic E-state index is -0.856. The number of esters is 1. The largest absolute Gasteiger partial charge is 0.449 e. The first-order valence-corrected chi connectivity index (χ1v) is 6.35. The Bertz CT molecular complexity index is 480. The number of amides is 1. The molecule has 0 spiro atoms. The summed E-state index contributed by atoms with van der Waals surface area (Å²) in [6.07, 6.45) is -0.856. The van der Waals surface area contributed by atoms with Crippen LogP contribution in [-0.4, -0.2) is 23.5 Å². The highest BCUT2D eigenvalue weighted by Crippen LogP contribution is 2.12. The first-order valence-electron chi connectivity index (χ1n) is 5.97. The molecule has 1 aromatic carbocycles. The molecule has 0 bridgehead atoms. The molecule has 0 aliphatic carbocycles. The lowest BCUT2D eigenvalue weighted by Crippen LogP contribution is -2.46. The second-order valence-electron chi connectivity index (χ2n) is 5.30. The molecule has 1 N–H and O–H groups in total. The van der Waals surface area contributed by atoms with Gasteiger partial charge in [-0.05, 0) is 45.9 Å². The third-order valence-corrected chi connectivity index (χ3v) is 2.45. The van der Waals surface area contributed by atoms with E-state index in [1.807, 2.05) is 20.8 Å². The molecule has 0 aliphatic rings. The molecule has 1 atom stereocenters. The van der Waals surface area contributed by atoms with Gasteiger partial charge >= 0.3 is 5.97 Å². The van der Waals surface area contributed by atoms with Crippen molar-refractivity contribution in [1.29, 1.82) is 0 Å². The molecule has 1 aromatic rings. The van der Waals surface area contributed by atoms with E-state index in [-0.39, 0.29) is 11.4 Å². The highest BCUT2D eigenvalue weighted by molar-refractivity contribution is 6.30. The van der Waals surface area contributed by atoms with Crippen molar-refractivity contribution in [2.45, 2.75) is 39.3 Å². The molecule has 0 heterocycles. The Kier molecular flexibility index (Phi) is 4.95. The van der Waals surface area contributed by atoms with E-state index < -0.39 is 12.1 Å². The summed E-state index contributed by atoms with van der Waals surface area (Å²) in [7, 11) is 0. The lowest BCUT2D eigenvalue weighted by atomic mass is 10.1. The van der Waals surface area contributed by atoms with Crippen LogP contribution in [0.5, 0.6) is 0 Å². The Morgan fingerprint density at radius 3 is 2.47 bits per heavy atom. The summed E-state index contributed by atoms with van der Waals surface area (Å²) in [5.41, 5.74) is -0.0451. The SMILES string of the molecule is CC(OC(=O)c1cccc(Cl)c1)C(=O)NC(C)(C)C. The second-order valence-corrected chi connectivity index (χ2v) is 5.73. The van der Waals surface area contributed by atoms with Gasteiger partial charge in [0.05, 0.1) is 5.56 Å². The number of ether oxygens (including phenoxy) is 1. The molecule has 19 heavy (non-hydrogen) atoms. The van der Waals surface area contributed by atoms with Gasteiger partial charge in [-0.15, -0.1) is 0 Å². The van der Waals surface area contributed by atoms with Crippen molar-refractivity contribution in [3.63, 3.8) is 0 Å². The topological polar surface area (TPSA) is 55.4 Å². The first-order chi connectivity index (χ1) is 8.69. The zero-order valence-electron chi connectivity index (χ0n) is 11.5. The van der Waals surface area contributed by atoms with Gasteiger partial charge in [0.1, 0.15) is 0 Å². The van der Waals surface area contributed by atoms with Crippen molar-refractivity contribution in [3.8, 4) is 0 Å². The number of halogens is 1. The molecular weight excluding hydrogens is 266 g/mol. The quantitative estimate of drug-likeness (QED) is 0.868. The Balaban J connectivity index is 2.64. The van der Waals surface area contributed by atoms with Crippen LogP contribution in [-0.2, 0) is 9.53 Å². The van der Waals surface area contributed by atoms with E-state index in [0.717, 1.165) is 0 Å².